The van der Waals surface area contributed by atoms with Gasteiger partial charge < -0.3 is 4.57 Å². The first-order valence-corrected chi connectivity index (χ1v) is 11.4. The van der Waals surface area contributed by atoms with Gasteiger partial charge in [0, 0.05) is 36.3 Å². The zero-order valence-electron chi connectivity index (χ0n) is 18.9. The first-order chi connectivity index (χ1) is 16.5. The molecule has 5 nitrogen and oxygen atoms in total. The first kappa shape index (κ1) is 21.8. The summed E-state index contributed by atoms with van der Waals surface area (Å²) in [7, 11) is 1.61. The van der Waals surface area contributed by atoms with E-state index >= 15 is 0 Å². The number of fused-ring (bicyclic) bond motifs is 1. The zero-order valence-corrected chi connectivity index (χ0v) is 19.8. The maximum atomic E-state index is 13.6. The van der Waals surface area contributed by atoms with Crippen molar-refractivity contribution in [1.82, 2.24) is 9.47 Å². The SMILES string of the molecule is Cc1ccccc1N1C(=O)/C(=C\c2cn(Cc3ccccc3)c3ccccc23)C(=O)N(C)C1=S. The fraction of sp³-hybridized carbons (Fsp3) is 0.107. The summed E-state index contributed by atoms with van der Waals surface area (Å²) < 4.78 is 2.14. The Bertz CT molecular complexity index is 1470. The van der Waals surface area contributed by atoms with Crippen molar-refractivity contribution < 1.29 is 9.59 Å². The number of aryl methyl sites for hydroxylation is 1. The Labute approximate surface area is 203 Å². The molecule has 1 aliphatic heterocycles. The fourth-order valence-corrected chi connectivity index (χ4v) is 4.59. The van der Waals surface area contributed by atoms with Gasteiger partial charge in [-0.05, 0) is 48.5 Å². The Morgan fingerprint density at radius 3 is 2.29 bits per heavy atom. The second-order valence-corrected chi connectivity index (χ2v) is 8.71. The van der Waals surface area contributed by atoms with Crippen LogP contribution in [0.5, 0.6) is 0 Å². The third-order valence-electron chi connectivity index (χ3n) is 6.12. The van der Waals surface area contributed by atoms with Gasteiger partial charge in [0.2, 0.25) is 0 Å². The van der Waals surface area contributed by atoms with Crippen molar-refractivity contribution in [2.75, 3.05) is 11.9 Å². The number of para-hydroxylation sites is 2. The normalized spacial score (nSPS) is 15.6. The Morgan fingerprint density at radius 2 is 1.53 bits per heavy atom. The molecule has 6 heteroatoms. The van der Waals surface area contributed by atoms with E-state index in [1.54, 1.807) is 13.1 Å². The standard InChI is InChI=1S/C28H23N3O2S/c1-19-10-6-8-14-24(19)31-27(33)23(26(32)29(2)28(31)34)16-21-18-30(17-20-11-4-3-5-12-20)25-15-9-7-13-22(21)25/h3-16,18H,17H2,1-2H3/b23-16-. The molecule has 0 radical (unpaired) electrons. The summed E-state index contributed by atoms with van der Waals surface area (Å²) in [5.41, 5.74) is 4.68. The number of nitrogens with zero attached hydrogens (tertiary/aromatic N) is 3. The number of rotatable bonds is 4. The van der Waals surface area contributed by atoms with E-state index in [1.807, 2.05) is 79.9 Å². The molecule has 0 saturated carbocycles. The van der Waals surface area contributed by atoms with Gasteiger partial charge in [0.05, 0.1) is 5.69 Å². The van der Waals surface area contributed by atoms with Gasteiger partial charge in [-0.15, -0.1) is 0 Å². The molecule has 0 atom stereocenters. The van der Waals surface area contributed by atoms with E-state index in [-0.39, 0.29) is 10.7 Å². The molecule has 1 aromatic heterocycles. The number of anilines is 1. The maximum absolute atomic E-state index is 13.6. The molecule has 0 spiro atoms. The maximum Gasteiger partial charge on any atom is 0.270 e. The van der Waals surface area contributed by atoms with Crippen LogP contribution in [0.15, 0.2) is 90.6 Å². The molecule has 0 aliphatic carbocycles. The quantitative estimate of drug-likeness (QED) is 0.237. The van der Waals surface area contributed by atoms with Crippen LogP contribution in [-0.4, -0.2) is 33.4 Å². The number of benzene rings is 3. The van der Waals surface area contributed by atoms with Crippen LogP contribution in [0.4, 0.5) is 5.69 Å². The van der Waals surface area contributed by atoms with E-state index < -0.39 is 11.8 Å². The summed E-state index contributed by atoms with van der Waals surface area (Å²) >= 11 is 5.50. The van der Waals surface area contributed by atoms with Crippen LogP contribution >= 0.6 is 12.2 Å². The van der Waals surface area contributed by atoms with Crippen molar-refractivity contribution in [3.63, 3.8) is 0 Å². The molecule has 2 amide bonds. The molecule has 168 valence electrons. The molecule has 34 heavy (non-hydrogen) atoms. The molecular weight excluding hydrogens is 442 g/mol. The smallest absolute Gasteiger partial charge is 0.270 e. The Balaban J connectivity index is 1.61. The van der Waals surface area contributed by atoms with E-state index in [2.05, 4.69) is 16.7 Å². The lowest BCUT2D eigenvalue weighted by Gasteiger charge is -2.35. The first-order valence-electron chi connectivity index (χ1n) is 11.0. The number of thiocarbonyl (C=S) groups is 1. The monoisotopic (exact) mass is 465 g/mol. The highest BCUT2D eigenvalue weighted by molar-refractivity contribution is 7.80. The van der Waals surface area contributed by atoms with E-state index in [0.29, 0.717) is 12.2 Å². The topological polar surface area (TPSA) is 45.6 Å². The molecular formula is C28H23N3O2S. The average molecular weight is 466 g/mol. The summed E-state index contributed by atoms with van der Waals surface area (Å²) in [5, 5.41) is 1.15. The molecule has 5 rings (SSSR count). The van der Waals surface area contributed by atoms with Gasteiger partial charge in [-0.2, -0.15) is 0 Å². The lowest BCUT2D eigenvalue weighted by Crippen LogP contribution is -2.55. The number of hydrogen-bond donors (Lipinski definition) is 0. The molecule has 2 heterocycles. The highest BCUT2D eigenvalue weighted by Gasteiger charge is 2.39. The summed E-state index contributed by atoms with van der Waals surface area (Å²) in [6.45, 7) is 2.61. The number of aromatic nitrogens is 1. The minimum Gasteiger partial charge on any atom is -0.342 e. The highest BCUT2D eigenvalue weighted by atomic mass is 32.1. The number of carbonyl (C=O) groups is 2. The number of amides is 2. The molecule has 1 saturated heterocycles. The lowest BCUT2D eigenvalue weighted by molar-refractivity contribution is -0.127. The summed E-state index contributed by atoms with van der Waals surface area (Å²) in [6, 6.07) is 25.7. The second-order valence-electron chi connectivity index (χ2n) is 8.35. The van der Waals surface area contributed by atoms with Crippen molar-refractivity contribution in [1.29, 1.82) is 0 Å². The second kappa shape index (κ2) is 8.72. The van der Waals surface area contributed by atoms with Gasteiger partial charge in [-0.1, -0.05) is 66.7 Å². The highest BCUT2D eigenvalue weighted by Crippen LogP contribution is 2.30. The molecule has 0 bridgehead atoms. The average Bonchev–Trinajstić information content (AvgIpc) is 3.19. The van der Waals surface area contributed by atoms with Gasteiger partial charge in [-0.3, -0.25) is 19.4 Å². The third-order valence-corrected chi connectivity index (χ3v) is 6.57. The summed E-state index contributed by atoms with van der Waals surface area (Å²) in [6.07, 6.45) is 3.69. The summed E-state index contributed by atoms with van der Waals surface area (Å²) in [5.74, 6) is -0.818. The van der Waals surface area contributed by atoms with Gasteiger partial charge in [0.25, 0.3) is 11.8 Å². The van der Waals surface area contributed by atoms with Crippen molar-refractivity contribution in [2.45, 2.75) is 13.5 Å². The van der Waals surface area contributed by atoms with Gasteiger partial charge in [-0.25, -0.2) is 0 Å². The predicted molar refractivity (Wildman–Crippen MR) is 139 cm³/mol. The predicted octanol–water partition coefficient (Wildman–Crippen LogP) is 5.17. The van der Waals surface area contributed by atoms with E-state index in [9.17, 15) is 9.59 Å². The largest absolute Gasteiger partial charge is 0.342 e. The van der Waals surface area contributed by atoms with Crippen molar-refractivity contribution in [3.05, 3.63) is 107 Å². The minimum atomic E-state index is -0.415. The number of likely N-dealkylation sites (N-methyl/N-ethyl adjacent to an activating group) is 1. The number of hydrogen-bond acceptors (Lipinski definition) is 3. The molecule has 1 aliphatic rings. The van der Waals surface area contributed by atoms with Crippen molar-refractivity contribution in [2.24, 2.45) is 0 Å². The van der Waals surface area contributed by atoms with Gasteiger partial charge in [0.1, 0.15) is 5.57 Å². The Morgan fingerprint density at radius 1 is 0.853 bits per heavy atom. The van der Waals surface area contributed by atoms with Crippen LogP contribution in [-0.2, 0) is 16.1 Å². The minimum absolute atomic E-state index is 0.0852. The van der Waals surface area contributed by atoms with E-state index in [4.69, 9.17) is 12.2 Å². The van der Waals surface area contributed by atoms with Crippen molar-refractivity contribution >= 4 is 51.8 Å². The number of carbonyl (C=O) groups excluding carboxylic acids is 2. The van der Waals surface area contributed by atoms with Gasteiger partial charge in [0.15, 0.2) is 5.11 Å². The van der Waals surface area contributed by atoms with E-state index in [1.165, 1.54) is 15.4 Å². The van der Waals surface area contributed by atoms with Crippen LogP contribution in [0, 0.1) is 6.92 Å². The molecule has 0 unspecified atom stereocenters. The molecule has 3 aromatic carbocycles. The zero-order chi connectivity index (χ0) is 23.8. The molecule has 1 fully saturated rings. The van der Waals surface area contributed by atoms with E-state index in [0.717, 1.165) is 22.0 Å². The fourth-order valence-electron chi connectivity index (χ4n) is 4.32. The van der Waals surface area contributed by atoms with Gasteiger partial charge >= 0.3 is 0 Å². The third kappa shape index (κ3) is 3.72. The van der Waals surface area contributed by atoms with Crippen LogP contribution in [0.1, 0.15) is 16.7 Å². The summed E-state index contributed by atoms with van der Waals surface area (Å²) in [4.78, 5) is 29.6. The Hall–Kier alpha value is -4.03. The molecule has 4 aromatic rings. The van der Waals surface area contributed by atoms with Crippen LogP contribution < -0.4 is 4.90 Å². The van der Waals surface area contributed by atoms with Crippen LogP contribution in [0.3, 0.4) is 0 Å². The van der Waals surface area contributed by atoms with Crippen LogP contribution in [0.2, 0.25) is 0 Å². The molecule has 0 N–H and O–H groups in total. The van der Waals surface area contributed by atoms with Crippen molar-refractivity contribution in [3.8, 4) is 0 Å². The lowest BCUT2D eigenvalue weighted by atomic mass is 10.0. The Kier molecular flexibility index (Phi) is 5.59. The van der Waals surface area contributed by atoms with Crippen LogP contribution in [0.25, 0.3) is 17.0 Å².